The van der Waals surface area contributed by atoms with Crippen LogP contribution in [0.4, 0.5) is 0 Å². The Bertz CT molecular complexity index is 904. The third-order valence-electron chi connectivity index (χ3n) is 4.85. The summed E-state index contributed by atoms with van der Waals surface area (Å²) < 4.78 is 32.8. The van der Waals surface area contributed by atoms with Crippen molar-refractivity contribution in [3.63, 3.8) is 0 Å². The summed E-state index contributed by atoms with van der Waals surface area (Å²) >= 11 is 6.19. The van der Waals surface area contributed by atoms with E-state index >= 15 is 0 Å². The van der Waals surface area contributed by atoms with Crippen molar-refractivity contribution in [1.82, 2.24) is 9.62 Å². The first-order valence-corrected chi connectivity index (χ1v) is 11.3. The molecule has 1 aliphatic rings. The maximum absolute atomic E-state index is 13.0. The van der Waals surface area contributed by atoms with E-state index in [9.17, 15) is 13.2 Å². The average Bonchev–Trinajstić information content (AvgIpc) is 3.00. The Labute approximate surface area is 170 Å². The number of halogens is 1. The largest absolute Gasteiger partial charge is 0.469 e. The molecule has 0 saturated carbocycles. The molecule has 0 aliphatic carbocycles. The molecule has 2 heterocycles. The van der Waals surface area contributed by atoms with Crippen molar-refractivity contribution < 1.29 is 17.6 Å². The molecule has 3 rings (SSSR count). The Morgan fingerprint density at radius 3 is 2.57 bits per heavy atom. The van der Waals surface area contributed by atoms with Crippen LogP contribution in [0.3, 0.4) is 0 Å². The van der Waals surface area contributed by atoms with Gasteiger partial charge in [-0.15, -0.1) is 0 Å². The number of nitrogens with zero attached hydrogens (tertiary/aromatic N) is 1. The van der Waals surface area contributed by atoms with Crippen molar-refractivity contribution in [1.29, 1.82) is 0 Å². The normalized spacial score (nSPS) is 17.1. The summed E-state index contributed by atoms with van der Waals surface area (Å²) in [4.78, 5) is 12.8. The Morgan fingerprint density at radius 1 is 1.21 bits per heavy atom. The number of nitrogens with one attached hydrogen (secondary N) is 1. The van der Waals surface area contributed by atoms with E-state index in [-0.39, 0.29) is 21.5 Å². The third kappa shape index (κ3) is 4.96. The summed E-state index contributed by atoms with van der Waals surface area (Å²) in [5.74, 6) is 0.355. The molecule has 2 aromatic rings. The first kappa shape index (κ1) is 20.9. The van der Waals surface area contributed by atoms with Gasteiger partial charge in [-0.1, -0.05) is 24.4 Å². The van der Waals surface area contributed by atoms with Crippen molar-refractivity contribution in [2.45, 2.75) is 50.0 Å². The van der Waals surface area contributed by atoms with E-state index < -0.39 is 15.9 Å². The number of rotatable bonds is 6. The third-order valence-corrected chi connectivity index (χ3v) is 7.07. The Morgan fingerprint density at radius 2 is 1.93 bits per heavy atom. The van der Waals surface area contributed by atoms with Crippen LogP contribution in [-0.2, 0) is 16.4 Å². The maximum atomic E-state index is 13.0. The second-order valence-electron chi connectivity index (χ2n) is 7.12. The molecule has 1 amide bonds. The minimum Gasteiger partial charge on any atom is -0.469 e. The van der Waals surface area contributed by atoms with Crippen LogP contribution in [0.2, 0.25) is 5.02 Å². The molecule has 1 aliphatic heterocycles. The SMILES string of the molecule is CC(Cc1ccco1)NC(=O)c1cc(S(=O)(=O)N2CCCCCC2)ccc1Cl. The molecule has 1 saturated heterocycles. The summed E-state index contributed by atoms with van der Waals surface area (Å²) in [6.45, 7) is 2.87. The molecule has 8 heteroatoms. The Hall–Kier alpha value is -1.83. The highest BCUT2D eigenvalue weighted by Gasteiger charge is 2.27. The van der Waals surface area contributed by atoms with E-state index in [1.807, 2.05) is 13.0 Å². The molecule has 0 radical (unpaired) electrons. The first-order valence-electron chi connectivity index (χ1n) is 9.51. The average molecular weight is 425 g/mol. The topological polar surface area (TPSA) is 79.6 Å². The molecule has 0 bridgehead atoms. The fourth-order valence-electron chi connectivity index (χ4n) is 3.35. The van der Waals surface area contributed by atoms with Crippen molar-refractivity contribution in [3.8, 4) is 0 Å². The van der Waals surface area contributed by atoms with Gasteiger partial charge >= 0.3 is 0 Å². The summed E-state index contributed by atoms with van der Waals surface area (Å²) in [6, 6.07) is 7.74. The van der Waals surface area contributed by atoms with Crippen LogP contribution in [-0.4, -0.2) is 37.8 Å². The smallest absolute Gasteiger partial charge is 0.253 e. The lowest BCUT2D eigenvalue weighted by Crippen LogP contribution is -2.35. The van der Waals surface area contributed by atoms with Crippen molar-refractivity contribution in [2.75, 3.05) is 13.1 Å². The number of hydrogen-bond acceptors (Lipinski definition) is 4. The van der Waals surface area contributed by atoms with Crippen molar-refractivity contribution in [3.05, 3.63) is 52.9 Å². The van der Waals surface area contributed by atoms with Gasteiger partial charge in [0.15, 0.2) is 0 Å². The van der Waals surface area contributed by atoms with Gasteiger partial charge in [0.25, 0.3) is 5.91 Å². The van der Waals surface area contributed by atoms with E-state index in [4.69, 9.17) is 16.0 Å². The lowest BCUT2D eigenvalue weighted by molar-refractivity contribution is 0.0939. The minimum atomic E-state index is -3.65. The van der Waals surface area contributed by atoms with Crippen molar-refractivity contribution >= 4 is 27.5 Å². The standard InChI is InChI=1S/C20H25ClN2O4S/c1-15(13-16-7-6-12-27-16)22-20(24)18-14-17(8-9-19(18)21)28(25,26)23-10-4-2-3-5-11-23/h6-9,12,14-15H,2-5,10-11,13H2,1H3,(H,22,24). The highest BCUT2D eigenvalue weighted by atomic mass is 35.5. The van der Waals surface area contributed by atoms with E-state index in [0.29, 0.717) is 19.5 Å². The van der Waals surface area contributed by atoms with Crippen LogP contribution in [0.15, 0.2) is 45.9 Å². The van der Waals surface area contributed by atoms with Crippen LogP contribution in [0.1, 0.15) is 48.7 Å². The molecule has 1 aromatic heterocycles. The maximum Gasteiger partial charge on any atom is 0.253 e. The second kappa shape index (κ2) is 9.11. The predicted octanol–water partition coefficient (Wildman–Crippen LogP) is 3.86. The predicted molar refractivity (Wildman–Crippen MR) is 108 cm³/mol. The highest BCUT2D eigenvalue weighted by Crippen LogP contribution is 2.25. The zero-order valence-electron chi connectivity index (χ0n) is 15.9. The van der Waals surface area contributed by atoms with Gasteiger partial charge in [0.2, 0.25) is 10.0 Å². The van der Waals surface area contributed by atoms with Gasteiger partial charge in [-0.3, -0.25) is 4.79 Å². The number of furan rings is 1. The number of hydrogen-bond donors (Lipinski definition) is 1. The summed E-state index contributed by atoms with van der Waals surface area (Å²) in [5, 5.41) is 3.07. The van der Waals surface area contributed by atoms with Gasteiger partial charge in [-0.05, 0) is 50.1 Å². The van der Waals surface area contributed by atoms with E-state index in [2.05, 4.69) is 5.32 Å². The molecule has 152 valence electrons. The van der Waals surface area contributed by atoms with E-state index in [1.165, 1.54) is 22.5 Å². The molecule has 1 fully saturated rings. The molecule has 6 nitrogen and oxygen atoms in total. The zero-order valence-corrected chi connectivity index (χ0v) is 17.4. The number of sulfonamides is 1. The first-order chi connectivity index (χ1) is 13.4. The molecule has 1 unspecified atom stereocenters. The lowest BCUT2D eigenvalue weighted by Gasteiger charge is -2.20. The van der Waals surface area contributed by atoms with E-state index in [1.54, 1.807) is 12.3 Å². The molecule has 1 N–H and O–H groups in total. The van der Waals surface area contributed by atoms with Crippen LogP contribution in [0.25, 0.3) is 0 Å². The monoisotopic (exact) mass is 424 g/mol. The van der Waals surface area contributed by atoms with Gasteiger partial charge in [-0.25, -0.2) is 8.42 Å². The minimum absolute atomic E-state index is 0.0997. The Balaban J connectivity index is 1.77. The summed E-state index contributed by atoms with van der Waals surface area (Å²) in [7, 11) is -3.65. The molecule has 1 atom stereocenters. The van der Waals surface area contributed by atoms with Gasteiger partial charge < -0.3 is 9.73 Å². The Kier molecular flexibility index (Phi) is 6.80. The molecular weight excluding hydrogens is 400 g/mol. The van der Waals surface area contributed by atoms with Gasteiger partial charge in [0.1, 0.15) is 5.76 Å². The van der Waals surface area contributed by atoms with Crippen LogP contribution >= 0.6 is 11.6 Å². The summed E-state index contributed by atoms with van der Waals surface area (Å²) in [5.41, 5.74) is 0.156. The molecule has 28 heavy (non-hydrogen) atoms. The lowest BCUT2D eigenvalue weighted by atomic mass is 10.1. The van der Waals surface area contributed by atoms with E-state index in [0.717, 1.165) is 31.4 Å². The van der Waals surface area contributed by atoms with Crippen molar-refractivity contribution in [2.24, 2.45) is 0 Å². The zero-order chi connectivity index (χ0) is 20.1. The van der Waals surface area contributed by atoms with Gasteiger partial charge in [0, 0.05) is 25.6 Å². The highest BCUT2D eigenvalue weighted by molar-refractivity contribution is 7.89. The summed E-state index contributed by atoms with van der Waals surface area (Å²) in [6.07, 6.45) is 5.89. The molecular formula is C20H25ClN2O4S. The number of benzene rings is 1. The second-order valence-corrected chi connectivity index (χ2v) is 9.46. The number of amides is 1. The quantitative estimate of drug-likeness (QED) is 0.763. The number of carbonyl (C=O) groups excluding carboxylic acids is 1. The van der Waals surface area contributed by atoms with Gasteiger partial charge in [0.05, 0.1) is 21.7 Å². The van der Waals surface area contributed by atoms with Crippen LogP contribution < -0.4 is 5.32 Å². The number of carbonyl (C=O) groups is 1. The van der Waals surface area contributed by atoms with Crippen LogP contribution in [0, 0.1) is 0 Å². The fraction of sp³-hybridized carbons (Fsp3) is 0.450. The van der Waals surface area contributed by atoms with Crippen LogP contribution in [0.5, 0.6) is 0 Å². The van der Waals surface area contributed by atoms with Gasteiger partial charge in [-0.2, -0.15) is 4.31 Å². The fourth-order valence-corrected chi connectivity index (χ4v) is 5.10. The molecule has 1 aromatic carbocycles. The molecule has 0 spiro atoms.